The van der Waals surface area contributed by atoms with Crippen molar-refractivity contribution >= 4 is 34.6 Å². The number of urea groups is 1. The van der Waals surface area contributed by atoms with Gasteiger partial charge in [-0.25, -0.2) is 9.18 Å². The number of benzene rings is 2. The van der Waals surface area contributed by atoms with Crippen LogP contribution in [0, 0.1) is 5.82 Å². The maximum Gasteiger partial charge on any atom is 0.322 e. The largest absolute Gasteiger partial charge is 0.497 e. The fraction of sp³-hybridized carbons (Fsp3) is 0.273. The number of methoxy groups -OCH3 is 2. The summed E-state index contributed by atoms with van der Waals surface area (Å²) in [6.07, 6.45) is 1.50. The number of anilines is 2. The lowest BCUT2D eigenvalue weighted by Gasteiger charge is -2.23. The second-order valence-electron chi connectivity index (χ2n) is 7.26. The molecule has 2 heterocycles. The lowest BCUT2D eigenvalue weighted by Crippen LogP contribution is -2.34. The van der Waals surface area contributed by atoms with Gasteiger partial charge in [0.2, 0.25) is 5.01 Å². The van der Waals surface area contributed by atoms with Crippen LogP contribution in [0.2, 0.25) is 0 Å². The summed E-state index contributed by atoms with van der Waals surface area (Å²) in [6, 6.07) is 10.1. The van der Waals surface area contributed by atoms with Crippen LogP contribution in [-0.4, -0.2) is 47.8 Å². The molecule has 0 saturated carbocycles. The summed E-state index contributed by atoms with van der Waals surface area (Å²) >= 11 is 1.11. The summed E-state index contributed by atoms with van der Waals surface area (Å²) in [5.74, 6) is 0.153. The summed E-state index contributed by atoms with van der Waals surface area (Å²) in [5.41, 5.74) is 0.841. The smallest absolute Gasteiger partial charge is 0.322 e. The molecule has 3 amide bonds. The molecule has 172 valence electrons. The number of likely N-dealkylation sites (tertiary alicyclic amines) is 1. The number of carbonyl (C=O) groups is 2. The molecule has 1 aliphatic rings. The minimum atomic E-state index is -0.485. The minimum absolute atomic E-state index is 0.137. The van der Waals surface area contributed by atoms with E-state index >= 15 is 0 Å². The molecule has 2 N–H and O–H groups in total. The van der Waals surface area contributed by atoms with Crippen LogP contribution in [0.15, 0.2) is 42.5 Å². The van der Waals surface area contributed by atoms with Gasteiger partial charge in [0, 0.05) is 18.3 Å². The Labute approximate surface area is 193 Å². The lowest BCUT2D eigenvalue weighted by molar-refractivity contribution is 0.102. The molecule has 2 aromatic carbocycles. The fourth-order valence-electron chi connectivity index (χ4n) is 3.57. The first-order chi connectivity index (χ1) is 16.0. The molecule has 33 heavy (non-hydrogen) atoms. The van der Waals surface area contributed by atoms with Crippen molar-refractivity contribution in [2.24, 2.45) is 0 Å². The Balaban J connectivity index is 1.46. The molecule has 1 atom stereocenters. The summed E-state index contributed by atoms with van der Waals surface area (Å²) < 4.78 is 23.9. The Morgan fingerprint density at radius 3 is 2.73 bits per heavy atom. The van der Waals surface area contributed by atoms with Gasteiger partial charge in [0.15, 0.2) is 0 Å². The summed E-state index contributed by atoms with van der Waals surface area (Å²) in [6.45, 7) is 0.541. The lowest BCUT2D eigenvalue weighted by atomic mass is 10.2. The molecule has 0 aliphatic carbocycles. The van der Waals surface area contributed by atoms with Gasteiger partial charge < -0.3 is 25.0 Å². The van der Waals surface area contributed by atoms with E-state index < -0.39 is 11.7 Å². The third-order valence-electron chi connectivity index (χ3n) is 5.17. The van der Waals surface area contributed by atoms with Crippen molar-refractivity contribution in [1.29, 1.82) is 0 Å². The first kappa shape index (κ1) is 22.5. The molecule has 0 radical (unpaired) electrons. The van der Waals surface area contributed by atoms with Crippen molar-refractivity contribution in [3.8, 4) is 11.5 Å². The summed E-state index contributed by atoms with van der Waals surface area (Å²) in [7, 11) is 3.07. The normalized spacial score (nSPS) is 15.2. The van der Waals surface area contributed by atoms with Gasteiger partial charge in [-0.2, -0.15) is 0 Å². The number of hydrogen-bond donors (Lipinski definition) is 2. The monoisotopic (exact) mass is 471 g/mol. The van der Waals surface area contributed by atoms with Crippen molar-refractivity contribution in [2.45, 2.75) is 18.9 Å². The number of aromatic nitrogens is 2. The molecule has 4 rings (SSSR count). The van der Waals surface area contributed by atoms with E-state index in [0.717, 1.165) is 17.8 Å². The zero-order valence-electron chi connectivity index (χ0n) is 18.0. The molecule has 11 heteroatoms. The van der Waals surface area contributed by atoms with Gasteiger partial charge in [-0.15, -0.1) is 10.2 Å². The highest BCUT2D eigenvalue weighted by Gasteiger charge is 2.33. The highest BCUT2D eigenvalue weighted by Crippen LogP contribution is 2.35. The van der Waals surface area contributed by atoms with E-state index in [1.807, 2.05) is 0 Å². The third kappa shape index (κ3) is 5.03. The van der Waals surface area contributed by atoms with Crippen molar-refractivity contribution in [3.05, 3.63) is 58.3 Å². The van der Waals surface area contributed by atoms with E-state index in [9.17, 15) is 14.0 Å². The molecule has 1 aliphatic heterocycles. The van der Waals surface area contributed by atoms with E-state index in [1.54, 1.807) is 36.3 Å². The van der Waals surface area contributed by atoms with Crippen LogP contribution in [0.4, 0.5) is 20.6 Å². The second-order valence-corrected chi connectivity index (χ2v) is 8.27. The minimum Gasteiger partial charge on any atom is -0.497 e. The predicted molar refractivity (Wildman–Crippen MR) is 122 cm³/mol. The number of halogens is 1. The first-order valence-electron chi connectivity index (χ1n) is 10.2. The number of rotatable bonds is 6. The van der Waals surface area contributed by atoms with Gasteiger partial charge >= 0.3 is 6.03 Å². The Hall–Kier alpha value is -3.73. The number of carbonyl (C=O) groups excluding carboxylic acids is 2. The van der Waals surface area contributed by atoms with E-state index in [4.69, 9.17) is 9.47 Å². The van der Waals surface area contributed by atoms with Crippen LogP contribution in [0.5, 0.6) is 11.5 Å². The fourth-order valence-corrected chi connectivity index (χ4v) is 4.45. The van der Waals surface area contributed by atoms with Gasteiger partial charge in [-0.05, 0) is 43.2 Å². The number of amides is 3. The van der Waals surface area contributed by atoms with Gasteiger partial charge in [-0.1, -0.05) is 17.4 Å². The van der Waals surface area contributed by atoms with E-state index in [0.29, 0.717) is 40.8 Å². The third-order valence-corrected chi connectivity index (χ3v) is 6.19. The van der Waals surface area contributed by atoms with Crippen LogP contribution in [0.25, 0.3) is 0 Å². The molecule has 1 fully saturated rings. The topological polar surface area (TPSA) is 106 Å². The number of hydrogen-bond acceptors (Lipinski definition) is 7. The highest BCUT2D eigenvalue weighted by atomic mass is 32.1. The maximum absolute atomic E-state index is 13.4. The van der Waals surface area contributed by atoms with Gasteiger partial charge in [0.1, 0.15) is 22.3 Å². The molecule has 1 aromatic heterocycles. The Bertz CT molecular complexity index is 1170. The van der Waals surface area contributed by atoms with Crippen LogP contribution < -0.4 is 20.1 Å². The molecular formula is C22H22FN5O4S. The number of nitrogens with zero attached hydrogens (tertiary/aromatic N) is 3. The van der Waals surface area contributed by atoms with Gasteiger partial charge in [0.25, 0.3) is 5.91 Å². The van der Waals surface area contributed by atoms with Crippen LogP contribution >= 0.6 is 11.3 Å². The zero-order valence-corrected chi connectivity index (χ0v) is 18.8. The highest BCUT2D eigenvalue weighted by molar-refractivity contribution is 7.13. The molecule has 1 saturated heterocycles. The Kier molecular flexibility index (Phi) is 6.68. The summed E-state index contributed by atoms with van der Waals surface area (Å²) in [5, 5.41) is 14.3. The Morgan fingerprint density at radius 2 is 1.97 bits per heavy atom. The second kappa shape index (κ2) is 9.82. The molecule has 0 unspecified atom stereocenters. The molecule has 9 nitrogen and oxygen atoms in total. The average molecular weight is 472 g/mol. The first-order valence-corrected chi connectivity index (χ1v) is 11.0. The van der Waals surface area contributed by atoms with Crippen molar-refractivity contribution in [1.82, 2.24) is 15.1 Å². The average Bonchev–Trinajstić information content (AvgIpc) is 3.49. The maximum atomic E-state index is 13.4. The molecular weight excluding hydrogens is 449 g/mol. The standard InChI is InChI=1S/C22H22FN5O4S/c1-31-15-8-9-16(18(12-15)32-2)25-22(30)28-10-4-7-17(28)20-26-27-21(33-20)19(29)24-14-6-3-5-13(23)11-14/h3,5-6,8-9,11-12,17H,4,7,10H2,1-2H3,(H,24,29)(H,25,30)/t17-/m1/s1. The van der Waals surface area contributed by atoms with Crippen LogP contribution in [-0.2, 0) is 0 Å². The van der Waals surface area contributed by atoms with Crippen molar-refractivity contribution < 1.29 is 23.5 Å². The molecule has 0 bridgehead atoms. The van der Waals surface area contributed by atoms with E-state index in [2.05, 4.69) is 20.8 Å². The van der Waals surface area contributed by atoms with E-state index in [-0.39, 0.29) is 17.1 Å². The predicted octanol–water partition coefficient (Wildman–Crippen LogP) is 4.32. The molecule has 3 aromatic rings. The Morgan fingerprint density at radius 1 is 1.12 bits per heavy atom. The molecule has 0 spiro atoms. The van der Waals surface area contributed by atoms with Gasteiger partial charge in [0.05, 0.1) is 25.9 Å². The zero-order chi connectivity index (χ0) is 23.4. The SMILES string of the molecule is COc1ccc(NC(=O)N2CCC[C@@H]2c2nnc(C(=O)Nc3cccc(F)c3)s2)c(OC)c1. The van der Waals surface area contributed by atoms with Crippen LogP contribution in [0.1, 0.15) is 33.7 Å². The summed E-state index contributed by atoms with van der Waals surface area (Å²) in [4.78, 5) is 27.2. The van der Waals surface area contributed by atoms with E-state index in [1.165, 1.54) is 25.3 Å². The van der Waals surface area contributed by atoms with Crippen molar-refractivity contribution in [2.75, 3.05) is 31.4 Å². The number of nitrogens with one attached hydrogen (secondary N) is 2. The van der Waals surface area contributed by atoms with Crippen LogP contribution in [0.3, 0.4) is 0 Å². The quantitative estimate of drug-likeness (QED) is 0.555. The van der Waals surface area contributed by atoms with Crippen molar-refractivity contribution in [3.63, 3.8) is 0 Å². The van der Waals surface area contributed by atoms with Gasteiger partial charge in [-0.3, -0.25) is 4.79 Å². The number of ether oxygens (including phenoxy) is 2.